The summed E-state index contributed by atoms with van der Waals surface area (Å²) in [7, 11) is 1.63. The van der Waals surface area contributed by atoms with E-state index in [0.717, 1.165) is 29.6 Å². The highest BCUT2D eigenvalue weighted by molar-refractivity contribution is 5.80. The maximum Gasteiger partial charge on any atom is 0.161 e. The Bertz CT molecular complexity index is 387. The summed E-state index contributed by atoms with van der Waals surface area (Å²) in [5, 5.41) is 3.49. The minimum atomic E-state index is 0.719. The second kappa shape index (κ2) is 4.88. The molecule has 4 nitrogen and oxygen atoms in total. The summed E-state index contributed by atoms with van der Waals surface area (Å²) in [5.74, 6) is 7.33. The van der Waals surface area contributed by atoms with Crippen LogP contribution in [0.3, 0.4) is 0 Å². The summed E-state index contributed by atoms with van der Waals surface area (Å²) < 4.78 is 10.9. The molecule has 0 radical (unpaired) electrons. The first-order valence-electron chi connectivity index (χ1n) is 5.37. The number of rotatable bonds is 5. The Morgan fingerprint density at radius 3 is 2.88 bits per heavy atom. The molecule has 1 fully saturated rings. The van der Waals surface area contributed by atoms with Gasteiger partial charge in [0.05, 0.1) is 19.9 Å². The largest absolute Gasteiger partial charge is 0.493 e. The Balaban J connectivity index is 2.12. The predicted octanol–water partition coefficient (Wildman–Crippen LogP) is 1.78. The van der Waals surface area contributed by atoms with E-state index in [4.69, 9.17) is 15.3 Å². The van der Waals surface area contributed by atoms with Crippen LogP contribution >= 0.6 is 0 Å². The van der Waals surface area contributed by atoms with Gasteiger partial charge in [0, 0.05) is 0 Å². The Morgan fingerprint density at radius 1 is 1.44 bits per heavy atom. The molecule has 0 aliphatic heterocycles. The molecule has 1 aromatic carbocycles. The topological polar surface area (TPSA) is 56.8 Å². The maximum absolute atomic E-state index is 5.71. The lowest BCUT2D eigenvalue weighted by Crippen LogP contribution is -2.01. The summed E-state index contributed by atoms with van der Waals surface area (Å²) in [4.78, 5) is 0. The molecule has 0 aromatic heterocycles. The number of nitrogens with two attached hydrogens (primary N) is 1. The van der Waals surface area contributed by atoms with Gasteiger partial charge in [0.15, 0.2) is 11.5 Å². The molecule has 0 unspecified atom stereocenters. The summed E-state index contributed by atoms with van der Waals surface area (Å²) in [6.45, 7) is 0.763. The third kappa shape index (κ3) is 2.66. The lowest BCUT2D eigenvalue weighted by Gasteiger charge is -2.10. The van der Waals surface area contributed by atoms with Crippen LogP contribution in [0.25, 0.3) is 0 Å². The van der Waals surface area contributed by atoms with Crippen LogP contribution in [0.1, 0.15) is 18.4 Å². The van der Waals surface area contributed by atoms with Crippen molar-refractivity contribution in [3.63, 3.8) is 0 Å². The van der Waals surface area contributed by atoms with Crippen LogP contribution in [-0.2, 0) is 0 Å². The summed E-state index contributed by atoms with van der Waals surface area (Å²) >= 11 is 0. The smallest absolute Gasteiger partial charge is 0.161 e. The molecule has 1 aromatic rings. The van der Waals surface area contributed by atoms with Gasteiger partial charge in [0.1, 0.15) is 0 Å². The Hall–Kier alpha value is -1.71. The van der Waals surface area contributed by atoms with Gasteiger partial charge >= 0.3 is 0 Å². The van der Waals surface area contributed by atoms with E-state index in [0.29, 0.717) is 0 Å². The molecule has 86 valence electrons. The number of hydrogen-bond donors (Lipinski definition) is 1. The normalized spacial score (nSPS) is 15.3. The summed E-state index contributed by atoms with van der Waals surface area (Å²) in [5.41, 5.74) is 0.911. The zero-order valence-electron chi connectivity index (χ0n) is 9.35. The molecule has 0 spiro atoms. The molecule has 0 bridgehead atoms. The minimum absolute atomic E-state index is 0.719. The van der Waals surface area contributed by atoms with Crippen LogP contribution in [-0.4, -0.2) is 19.9 Å². The fraction of sp³-hybridized carbons (Fsp3) is 0.417. The quantitative estimate of drug-likeness (QED) is 0.467. The fourth-order valence-electron chi connectivity index (χ4n) is 1.46. The van der Waals surface area contributed by atoms with Gasteiger partial charge in [-0.2, -0.15) is 5.10 Å². The zero-order chi connectivity index (χ0) is 11.4. The highest BCUT2D eigenvalue weighted by Crippen LogP contribution is 2.33. The van der Waals surface area contributed by atoms with Gasteiger partial charge in [0.2, 0.25) is 0 Å². The Morgan fingerprint density at radius 2 is 2.25 bits per heavy atom. The molecule has 1 aliphatic rings. The Kier molecular flexibility index (Phi) is 3.29. The van der Waals surface area contributed by atoms with Crippen molar-refractivity contribution in [2.45, 2.75) is 12.8 Å². The van der Waals surface area contributed by atoms with Crippen molar-refractivity contribution in [3.8, 4) is 11.5 Å². The van der Waals surface area contributed by atoms with Crippen LogP contribution in [0, 0.1) is 5.92 Å². The van der Waals surface area contributed by atoms with Gasteiger partial charge in [0.25, 0.3) is 0 Å². The van der Waals surface area contributed by atoms with E-state index < -0.39 is 0 Å². The molecule has 0 saturated heterocycles. The predicted molar refractivity (Wildman–Crippen MR) is 63.0 cm³/mol. The average Bonchev–Trinajstić information content (AvgIpc) is 3.11. The standard InChI is InChI=1S/C12H16N2O2/c1-15-11-5-4-10(7-14-13)6-12(11)16-8-9-2-3-9/h4-7,9H,2-3,8,13H2,1H3. The molecule has 2 rings (SSSR count). The van der Waals surface area contributed by atoms with Crippen LogP contribution in [0.5, 0.6) is 11.5 Å². The number of hydrogen-bond acceptors (Lipinski definition) is 4. The SMILES string of the molecule is COc1ccc(C=NN)cc1OCC1CC1. The second-order valence-corrected chi connectivity index (χ2v) is 3.94. The maximum atomic E-state index is 5.71. The van der Waals surface area contributed by atoms with Crippen molar-refractivity contribution in [2.24, 2.45) is 16.9 Å². The van der Waals surface area contributed by atoms with Crippen molar-refractivity contribution in [1.29, 1.82) is 0 Å². The van der Waals surface area contributed by atoms with Gasteiger partial charge in [-0.1, -0.05) is 0 Å². The van der Waals surface area contributed by atoms with Crippen molar-refractivity contribution >= 4 is 6.21 Å². The van der Waals surface area contributed by atoms with E-state index in [-0.39, 0.29) is 0 Å². The van der Waals surface area contributed by atoms with E-state index >= 15 is 0 Å². The first-order valence-corrected chi connectivity index (χ1v) is 5.37. The average molecular weight is 220 g/mol. The minimum Gasteiger partial charge on any atom is -0.493 e. The number of methoxy groups -OCH3 is 1. The van der Waals surface area contributed by atoms with E-state index in [1.165, 1.54) is 12.8 Å². The lowest BCUT2D eigenvalue weighted by atomic mass is 10.2. The molecule has 0 atom stereocenters. The molecule has 2 N–H and O–H groups in total. The van der Waals surface area contributed by atoms with Crippen molar-refractivity contribution in [2.75, 3.05) is 13.7 Å². The van der Waals surface area contributed by atoms with E-state index in [2.05, 4.69) is 5.10 Å². The molecular formula is C12H16N2O2. The van der Waals surface area contributed by atoms with Gasteiger partial charge in [-0.3, -0.25) is 0 Å². The molecule has 1 aliphatic carbocycles. The number of benzene rings is 1. The second-order valence-electron chi connectivity index (χ2n) is 3.94. The summed E-state index contributed by atoms with van der Waals surface area (Å²) in [6, 6.07) is 5.63. The molecule has 16 heavy (non-hydrogen) atoms. The molecule has 1 saturated carbocycles. The first kappa shape index (κ1) is 10.8. The van der Waals surface area contributed by atoms with Crippen molar-refractivity contribution in [1.82, 2.24) is 0 Å². The molecule has 0 heterocycles. The number of hydrazone groups is 1. The van der Waals surface area contributed by atoms with Crippen LogP contribution < -0.4 is 15.3 Å². The van der Waals surface area contributed by atoms with Crippen LogP contribution in [0.15, 0.2) is 23.3 Å². The molecule has 0 amide bonds. The molecular weight excluding hydrogens is 204 g/mol. The number of nitrogens with zero attached hydrogens (tertiary/aromatic N) is 1. The highest BCUT2D eigenvalue weighted by Gasteiger charge is 2.22. The van der Waals surface area contributed by atoms with E-state index in [9.17, 15) is 0 Å². The van der Waals surface area contributed by atoms with Gasteiger partial charge in [-0.15, -0.1) is 0 Å². The monoisotopic (exact) mass is 220 g/mol. The van der Waals surface area contributed by atoms with Crippen molar-refractivity contribution in [3.05, 3.63) is 23.8 Å². The van der Waals surface area contributed by atoms with Crippen LogP contribution in [0.4, 0.5) is 0 Å². The fourth-order valence-corrected chi connectivity index (χ4v) is 1.46. The first-order chi connectivity index (χ1) is 7.83. The lowest BCUT2D eigenvalue weighted by molar-refractivity contribution is 0.280. The van der Waals surface area contributed by atoms with Crippen LogP contribution in [0.2, 0.25) is 0 Å². The number of ether oxygens (including phenoxy) is 2. The third-order valence-corrected chi connectivity index (χ3v) is 2.58. The van der Waals surface area contributed by atoms with Gasteiger partial charge < -0.3 is 15.3 Å². The summed E-state index contributed by atoms with van der Waals surface area (Å²) in [6.07, 6.45) is 4.13. The van der Waals surface area contributed by atoms with E-state index in [1.54, 1.807) is 13.3 Å². The van der Waals surface area contributed by atoms with Gasteiger partial charge in [-0.05, 0) is 42.5 Å². The molecule has 4 heteroatoms. The Labute approximate surface area is 95.0 Å². The van der Waals surface area contributed by atoms with Gasteiger partial charge in [-0.25, -0.2) is 0 Å². The van der Waals surface area contributed by atoms with E-state index in [1.807, 2.05) is 18.2 Å². The highest BCUT2D eigenvalue weighted by atomic mass is 16.5. The zero-order valence-corrected chi connectivity index (χ0v) is 9.35. The van der Waals surface area contributed by atoms with Crippen molar-refractivity contribution < 1.29 is 9.47 Å². The third-order valence-electron chi connectivity index (χ3n) is 2.58.